The number of carbonyl (C=O) groups is 1. The fourth-order valence-electron chi connectivity index (χ4n) is 3.08. The van der Waals surface area contributed by atoms with Crippen LogP contribution < -0.4 is 10.6 Å². The number of sulfone groups is 1. The summed E-state index contributed by atoms with van der Waals surface area (Å²) in [6, 6.07) is 5.98. The molecule has 0 radical (unpaired) electrons. The maximum absolute atomic E-state index is 13.2. The largest absolute Gasteiger partial charge is 0.353 e. The van der Waals surface area contributed by atoms with Crippen molar-refractivity contribution in [3.8, 4) is 0 Å². The summed E-state index contributed by atoms with van der Waals surface area (Å²) in [6.07, 6.45) is 0.259. The lowest BCUT2D eigenvalue weighted by molar-refractivity contribution is -0.123. The predicted molar refractivity (Wildman–Crippen MR) is 99.7 cm³/mol. The van der Waals surface area contributed by atoms with Crippen LogP contribution in [0, 0.1) is 0 Å². The zero-order chi connectivity index (χ0) is 18.5. The summed E-state index contributed by atoms with van der Waals surface area (Å²) in [5.74, 6) is -0.431. The third-order valence-electron chi connectivity index (χ3n) is 4.78. The monoisotopic (exact) mass is 387 g/mol. The van der Waals surface area contributed by atoms with Gasteiger partial charge in [-0.3, -0.25) is 4.79 Å². The van der Waals surface area contributed by atoms with E-state index in [0.717, 1.165) is 13.1 Å². The van der Waals surface area contributed by atoms with Gasteiger partial charge in [-0.25, -0.2) is 8.42 Å². The first-order chi connectivity index (χ1) is 11.9. The molecular weight excluding hydrogens is 362 g/mol. The molecule has 0 aromatic heterocycles. The minimum atomic E-state index is -3.82. The third kappa shape index (κ3) is 4.16. The minimum absolute atomic E-state index is 0.120. The quantitative estimate of drug-likeness (QED) is 0.703. The Morgan fingerprint density at radius 3 is 2.44 bits per heavy atom. The Morgan fingerprint density at radius 2 is 1.92 bits per heavy atom. The van der Waals surface area contributed by atoms with Crippen molar-refractivity contribution in [1.29, 1.82) is 0 Å². The Morgan fingerprint density at radius 1 is 1.28 bits per heavy atom. The smallest absolute Gasteiger partial charge is 0.243 e. The average molecular weight is 388 g/mol. The molecule has 1 aliphatic rings. The molecule has 1 saturated heterocycles. The standard InChI is InChI=1S/C17H26ClN3O3S/c1-3-21(4-2)12-11-20-16(22)17(9-10-19-13-17)25(23,24)15-7-5-14(18)6-8-15/h5-8,19H,3-4,9-13H2,1-2H3,(H,20,22). The Kier molecular flexibility index (Phi) is 6.85. The maximum atomic E-state index is 13.2. The molecule has 1 unspecified atom stereocenters. The summed E-state index contributed by atoms with van der Waals surface area (Å²) < 4.78 is 24.9. The number of carbonyl (C=O) groups excluding carboxylic acids is 1. The number of rotatable bonds is 8. The summed E-state index contributed by atoms with van der Waals surface area (Å²) in [5.41, 5.74) is 0. The molecule has 25 heavy (non-hydrogen) atoms. The predicted octanol–water partition coefficient (Wildman–Crippen LogP) is 1.30. The normalized spacial score (nSPS) is 20.8. The number of nitrogens with one attached hydrogen (secondary N) is 2. The second kappa shape index (κ2) is 8.49. The molecule has 1 aromatic carbocycles. The van der Waals surface area contributed by atoms with E-state index in [1.165, 1.54) is 24.3 Å². The molecule has 1 fully saturated rings. The van der Waals surface area contributed by atoms with Crippen LogP contribution in [0.4, 0.5) is 0 Å². The Balaban J connectivity index is 2.20. The van der Waals surface area contributed by atoms with Gasteiger partial charge in [-0.1, -0.05) is 25.4 Å². The lowest BCUT2D eigenvalue weighted by Gasteiger charge is -2.27. The van der Waals surface area contributed by atoms with Crippen molar-refractivity contribution < 1.29 is 13.2 Å². The lowest BCUT2D eigenvalue weighted by Crippen LogP contribution is -2.54. The SMILES string of the molecule is CCN(CC)CCNC(=O)C1(S(=O)(=O)c2ccc(Cl)cc2)CCNC1. The van der Waals surface area contributed by atoms with Crippen molar-refractivity contribution in [3.63, 3.8) is 0 Å². The van der Waals surface area contributed by atoms with Crippen molar-refractivity contribution in [1.82, 2.24) is 15.5 Å². The van der Waals surface area contributed by atoms with Crippen molar-refractivity contribution >= 4 is 27.3 Å². The van der Waals surface area contributed by atoms with Gasteiger partial charge in [0.1, 0.15) is 0 Å². The van der Waals surface area contributed by atoms with Gasteiger partial charge in [0.2, 0.25) is 5.91 Å². The molecule has 2 rings (SSSR count). The highest BCUT2D eigenvalue weighted by molar-refractivity contribution is 7.93. The van der Waals surface area contributed by atoms with Crippen LogP contribution in [0.2, 0.25) is 5.02 Å². The van der Waals surface area contributed by atoms with Crippen LogP contribution in [0.15, 0.2) is 29.2 Å². The van der Waals surface area contributed by atoms with Crippen molar-refractivity contribution in [3.05, 3.63) is 29.3 Å². The molecule has 0 spiro atoms. The number of hydrogen-bond acceptors (Lipinski definition) is 5. The number of amides is 1. The van der Waals surface area contributed by atoms with Gasteiger partial charge >= 0.3 is 0 Å². The molecule has 1 aliphatic heterocycles. The molecule has 2 N–H and O–H groups in total. The molecule has 1 heterocycles. The summed E-state index contributed by atoms with van der Waals surface area (Å²) in [7, 11) is -3.82. The Hall–Kier alpha value is -1.15. The first-order valence-corrected chi connectivity index (χ1v) is 10.4. The molecule has 1 aromatic rings. The minimum Gasteiger partial charge on any atom is -0.353 e. The lowest BCUT2D eigenvalue weighted by atomic mass is 10.1. The summed E-state index contributed by atoms with van der Waals surface area (Å²) in [4.78, 5) is 15.1. The fourth-order valence-corrected chi connectivity index (χ4v) is 5.13. The molecular formula is C17H26ClN3O3S. The summed E-state index contributed by atoms with van der Waals surface area (Å²) >= 11 is 5.85. The van der Waals surface area contributed by atoms with E-state index in [2.05, 4.69) is 29.4 Å². The molecule has 6 nitrogen and oxygen atoms in total. The van der Waals surface area contributed by atoms with Gasteiger partial charge in [0.25, 0.3) is 0 Å². The van der Waals surface area contributed by atoms with E-state index >= 15 is 0 Å². The van der Waals surface area contributed by atoms with E-state index in [0.29, 0.717) is 24.7 Å². The van der Waals surface area contributed by atoms with Crippen LogP contribution in [0.1, 0.15) is 20.3 Å². The second-order valence-electron chi connectivity index (χ2n) is 6.16. The third-order valence-corrected chi connectivity index (χ3v) is 7.48. The van der Waals surface area contributed by atoms with Crippen molar-refractivity contribution in [2.45, 2.75) is 29.9 Å². The van der Waals surface area contributed by atoms with Crippen molar-refractivity contribution in [2.75, 3.05) is 39.3 Å². The van der Waals surface area contributed by atoms with Gasteiger partial charge in [0.05, 0.1) is 4.90 Å². The average Bonchev–Trinajstić information content (AvgIpc) is 3.10. The molecule has 1 atom stereocenters. The summed E-state index contributed by atoms with van der Waals surface area (Å²) in [5, 5.41) is 6.31. The zero-order valence-corrected chi connectivity index (χ0v) is 16.3. The maximum Gasteiger partial charge on any atom is 0.243 e. The zero-order valence-electron chi connectivity index (χ0n) is 14.7. The topological polar surface area (TPSA) is 78.5 Å². The highest BCUT2D eigenvalue weighted by Gasteiger charge is 2.53. The molecule has 0 saturated carbocycles. The highest BCUT2D eigenvalue weighted by atomic mass is 35.5. The van der Waals surface area contributed by atoms with Gasteiger partial charge < -0.3 is 15.5 Å². The van der Waals surface area contributed by atoms with Gasteiger partial charge in [-0.2, -0.15) is 0 Å². The van der Waals surface area contributed by atoms with E-state index in [1.807, 2.05) is 0 Å². The molecule has 140 valence electrons. The van der Waals surface area contributed by atoms with Crippen LogP contribution in [-0.2, 0) is 14.6 Å². The number of hydrogen-bond donors (Lipinski definition) is 2. The molecule has 0 aliphatic carbocycles. The number of likely N-dealkylation sites (N-methyl/N-ethyl adjacent to an activating group) is 1. The van der Waals surface area contributed by atoms with E-state index in [1.54, 1.807) is 0 Å². The number of benzene rings is 1. The van der Waals surface area contributed by atoms with Gasteiger partial charge in [0.15, 0.2) is 14.6 Å². The highest BCUT2D eigenvalue weighted by Crippen LogP contribution is 2.32. The number of nitrogens with zero attached hydrogens (tertiary/aromatic N) is 1. The Labute approximate surface area is 154 Å². The van der Waals surface area contributed by atoms with Gasteiger partial charge in [-0.05, 0) is 50.3 Å². The van der Waals surface area contributed by atoms with E-state index in [-0.39, 0.29) is 17.9 Å². The van der Waals surface area contributed by atoms with Crippen LogP contribution in [0.25, 0.3) is 0 Å². The van der Waals surface area contributed by atoms with Gasteiger partial charge in [0, 0.05) is 24.7 Å². The van der Waals surface area contributed by atoms with Crippen LogP contribution in [0.5, 0.6) is 0 Å². The van der Waals surface area contributed by atoms with Crippen LogP contribution in [-0.4, -0.2) is 63.2 Å². The molecule has 0 bridgehead atoms. The molecule has 8 heteroatoms. The Bertz CT molecular complexity index is 682. The van der Waals surface area contributed by atoms with E-state index in [4.69, 9.17) is 11.6 Å². The van der Waals surface area contributed by atoms with Crippen LogP contribution >= 0.6 is 11.6 Å². The van der Waals surface area contributed by atoms with E-state index < -0.39 is 20.5 Å². The fraction of sp³-hybridized carbons (Fsp3) is 0.588. The number of halogens is 1. The summed E-state index contributed by atoms with van der Waals surface area (Å²) in [6.45, 7) is 7.63. The molecule has 1 amide bonds. The second-order valence-corrected chi connectivity index (χ2v) is 8.86. The van der Waals surface area contributed by atoms with E-state index in [9.17, 15) is 13.2 Å². The first-order valence-electron chi connectivity index (χ1n) is 8.59. The van der Waals surface area contributed by atoms with Crippen molar-refractivity contribution in [2.24, 2.45) is 0 Å². The van der Waals surface area contributed by atoms with Crippen LogP contribution in [0.3, 0.4) is 0 Å². The van der Waals surface area contributed by atoms with Gasteiger partial charge in [-0.15, -0.1) is 0 Å². The first kappa shape index (κ1) is 20.2.